The fourth-order valence-corrected chi connectivity index (χ4v) is 2.21. The van der Waals surface area contributed by atoms with E-state index in [0.29, 0.717) is 0 Å². The summed E-state index contributed by atoms with van der Waals surface area (Å²) in [7, 11) is 0. The molecule has 86 valence electrons. The Labute approximate surface area is 92.5 Å². The third kappa shape index (κ3) is 4.04. The topological polar surface area (TPSA) is 32.3 Å². The summed E-state index contributed by atoms with van der Waals surface area (Å²) in [4.78, 5) is 13.4. The van der Waals surface area contributed by atoms with Crippen molar-refractivity contribution < 1.29 is 4.79 Å². The fraction of sp³-hybridized carbons (Fsp3) is 0.750. The zero-order chi connectivity index (χ0) is 11.1. The largest absolute Gasteiger partial charge is 0.351 e. The number of carbonyl (C=O) groups excluding carboxylic acids is 1. The molecule has 1 rings (SSSR count). The molecule has 1 saturated heterocycles. The van der Waals surface area contributed by atoms with Crippen molar-refractivity contribution in [3.63, 3.8) is 0 Å². The third-order valence-electron chi connectivity index (χ3n) is 3.10. The molecule has 1 aliphatic heterocycles. The normalized spacial score (nSPS) is 22.3. The van der Waals surface area contributed by atoms with Crippen molar-refractivity contribution in [3.8, 4) is 0 Å². The highest BCUT2D eigenvalue weighted by Crippen LogP contribution is 2.18. The van der Waals surface area contributed by atoms with Crippen molar-refractivity contribution in [3.05, 3.63) is 12.7 Å². The van der Waals surface area contributed by atoms with Crippen LogP contribution in [0.4, 0.5) is 0 Å². The molecule has 0 spiro atoms. The maximum atomic E-state index is 11.0. The number of likely N-dealkylation sites (tertiary alicyclic amines) is 1. The van der Waals surface area contributed by atoms with Gasteiger partial charge in [0.2, 0.25) is 5.91 Å². The van der Waals surface area contributed by atoms with Crippen LogP contribution >= 0.6 is 0 Å². The van der Waals surface area contributed by atoms with E-state index < -0.39 is 0 Å². The molecule has 1 N–H and O–H groups in total. The van der Waals surface area contributed by atoms with Gasteiger partial charge in [-0.05, 0) is 31.9 Å². The molecule has 0 radical (unpaired) electrons. The first-order valence-electron chi connectivity index (χ1n) is 5.92. The van der Waals surface area contributed by atoms with E-state index >= 15 is 0 Å². The second-order valence-corrected chi connectivity index (χ2v) is 4.09. The molecule has 1 atom stereocenters. The van der Waals surface area contributed by atoms with Crippen molar-refractivity contribution >= 4 is 5.91 Å². The van der Waals surface area contributed by atoms with Gasteiger partial charge in [0.15, 0.2) is 0 Å². The molecule has 1 aliphatic rings. The van der Waals surface area contributed by atoms with Crippen LogP contribution in [0.15, 0.2) is 12.7 Å². The Morgan fingerprint density at radius 1 is 1.60 bits per heavy atom. The van der Waals surface area contributed by atoms with Gasteiger partial charge in [-0.1, -0.05) is 19.9 Å². The smallest absolute Gasteiger partial charge is 0.243 e. The van der Waals surface area contributed by atoms with E-state index in [2.05, 4.69) is 23.7 Å². The summed E-state index contributed by atoms with van der Waals surface area (Å²) in [5, 5.41) is 2.83. The van der Waals surface area contributed by atoms with E-state index in [1.165, 1.54) is 38.3 Å². The number of amides is 1. The van der Waals surface area contributed by atoms with Gasteiger partial charge in [-0.15, -0.1) is 0 Å². The summed E-state index contributed by atoms with van der Waals surface area (Å²) >= 11 is 0. The highest BCUT2D eigenvalue weighted by molar-refractivity contribution is 5.86. The monoisotopic (exact) mass is 210 g/mol. The molecular formula is C12H22N2O. The van der Waals surface area contributed by atoms with Gasteiger partial charge in [0.05, 0.1) is 0 Å². The van der Waals surface area contributed by atoms with Crippen molar-refractivity contribution in [2.45, 2.75) is 38.6 Å². The molecule has 0 aromatic carbocycles. The summed E-state index contributed by atoms with van der Waals surface area (Å²) in [6.07, 6.45) is 6.51. The molecule has 0 aromatic heterocycles. The van der Waals surface area contributed by atoms with E-state index in [1.54, 1.807) is 0 Å². The average Bonchev–Trinajstić information content (AvgIpc) is 2.29. The number of piperidine rings is 1. The van der Waals surface area contributed by atoms with Crippen molar-refractivity contribution in [1.29, 1.82) is 0 Å². The summed E-state index contributed by atoms with van der Waals surface area (Å²) in [6.45, 7) is 8.56. The summed E-state index contributed by atoms with van der Waals surface area (Å²) in [5.41, 5.74) is 0. The molecule has 1 heterocycles. The van der Waals surface area contributed by atoms with Crippen LogP contribution in [0.2, 0.25) is 0 Å². The van der Waals surface area contributed by atoms with Crippen LogP contribution in [0, 0.1) is 0 Å². The predicted molar refractivity (Wildman–Crippen MR) is 62.7 cm³/mol. The lowest BCUT2D eigenvalue weighted by Crippen LogP contribution is -2.43. The summed E-state index contributed by atoms with van der Waals surface area (Å²) in [5.74, 6) is -0.0694. The van der Waals surface area contributed by atoms with Gasteiger partial charge in [-0.3, -0.25) is 9.69 Å². The molecule has 1 fully saturated rings. The SMILES string of the molecule is C=CC(=O)NCCN1CCCCC1CC. The Hall–Kier alpha value is -0.830. The fourth-order valence-electron chi connectivity index (χ4n) is 2.21. The average molecular weight is 210 g/mol. The Bertz CT molecular complexity index is 216. The number of hydrogen-bond donors (Lipinski definition) is 1. The molecule has 0 aromatic rings. The van der Waals surface area contributed by atoms with Gasteiger partial charge in [0, 0.05) is 19.1 Å². The third-order valence-corrected chi connectivity index (χ3v) is 3.10. The zero-order valence-electron chi connectivity index (χ0n) is 9.67. The molecule has 0 saturated carbocycles. The lowest BCUT2D eigenvalue weighted by molar-refractivity contribution is -0.116. The molecule has 0 aliphatic carbocycles. The van der Waals surface area contributed by atoms with Crippen molar-refractivity contribution in [1.82, 2.24) is 10.2 Å². The first-order chi connectivity index (χ1) is 7.27. The number of hydrogen-bond acceptors (Lipinski definition) is 2. The Morgan fingerprint density at radius 3 is 3.07 bits per heavy atom. The van der Waals surface area contributed by atoms with Gasteiger partial charge >= 0.3 is 0 Å². The van der Waals surface area contributed by atoms with E-state index in [-0.39, 0.29) is 5.91 Å². The first-order valence-corrected chi connectivity index (χ1v) is 5.92. The first kappa shape index (κ1) is 12.2. The quantitative estimate of drug-likeness (QED) is 0.698. The molecule has 3 nitrogen and oxygen atoms in total. The lowest BCUT2D eigenvalue weighted by Gasteiger charge is -2.35. The van der Waals surface area contributed by atoms with Crippen LogP contribution in [0.3, 0.4) is 0 Å². The highest BCUT2D eigenvalue weighted by atomic mass is 16.1. The number of nitrogens with one attached hydrogen (secondary N) is 1. The lowest BCUT2D eigenvalue weighted by atomic mass is 10.0. The molecule has 1 unspecified atom stereocenters. The van der Waals surface area contributed by atoms with Gasteiger partial charge < -0.3 is 5.32 Å². The van der Waals surface area contributed by atoms with Crippen LogP contribution in [-0.4, -0.2) is 36.5 Å². The van der Waals surface area contributed by atoms with Gasteiger partial charge in [-0.25, -0.2) is 0 Å². The maximum Gasteiger partial charge on any atom is 0.243 e. The summed E-state index contributed by atoms with van der Waals surface area (Å²) in [6, 6.07) is 0.722. The zero-order valence-corrected chi connectivity index (χ0v) is 9.67. The number of rotatable bonds is 5. The Kier molecular flexibility index (Phi) is 5.40. The highest BCUT2D eigenvalue weighted by Gasteiger charge is 2.19. The molecule has 15 heavy (non-hydrogen) atoms. The maximum absolute atomic E-state index is 11.0. The Morgan fingerprint density at radius 2 is 2.40 bits per heavy atom. The van der Waals surface area contributed by atoms with E-state index in [4.69, 9.17) is 0 Å². The van der Waals surface area contributed by atoms with Crippen LogP contribution < -0.4 is 5.32 Å². The Balaban J connectivity index is 2.23. The molecular weight excluding hydrogens is 188 g/mol. The molecule has 0 bridgehead atoms. The summed E-state index contributed by atoms with van der Waals surface area (Å²) < 4.78 is 0. The number of carbonyl (C=O) groups is 1. The minimum Gasteiger partial charge on any atom is -0.351 e. The van der Waals surface area contributed by atoms with Crippen molar-refractivity contribution in [2.75, 3.05) is 19.6 Å². The van der Waals surface area contributed by atoms with Gasteiger partial charge in [0.1, 0.15) is 0 Å². The van der Waals surface area contributed by atoms with Gasteiger partial charge in [0.25, 0.3) is 0 Å². The number of nitrogens with zero attached hydrogens (tertiary/aromatic N) is 1. The van der Waals surface area contributed by atoms with E-state index in [1.807, 2.05) is 0 Å². The van der Waals surface area contributed by atoms with Crippen LogP contribution in [0.5, 0.6) is 0 Å². The minimum atomic E-state index is -0.0694. The van der Waals surface area contributed by atoms with Crippen LogP contribution in [0.25, 0.3) is 0 Å². The predicted octanol–water partition coefficient (Wildman–Crippen LogP) is 1.55. The van der Waals surface area contributed by atoms with E-state index in [9.17, 15) is 4.79 Å². The van der Waals surface area contributed by atoms with Crippen molar-refractivity contribution in [2.24, 2.45) is 0 Å². The van der Waals surface area contributed by atoms with Crippen LogP contribution in [0.1, 0.15) is 32.6 Å². The molecule has 1 amide bonds. The van der Waals surface area contributed by atoms with E-state index in [0.717, 1.165) is 19.1 Å². The van der Waals surface area contributed by atoms with Crippen LogP contribution in [-0.2, 0) is 4.79 Å². The second-order valence-electron chi connectivity index (χ2n) is 4.09. The van der Waals surface area contributed by atoms with Gasteiger partial charge in [-0.2, -0.15) is 0 Å². The minimum absolute atomic E-state index is 0.0694. The molecule has 3 heteroatoms. The standard InChI is InChI=1S/C12H22N2O/c1-3-11-7-5-6-9-14(11)10-8-13-12(15)4-2/h4,11H,2-3,5-10H2,1H3,(H,13,15). The second kappa shape index (κ2) is 6.62.